The lowest BCUT2D eigenvalue weighted by Crippen LogP contribution is -2.58. The van der Waals surface area contributed by atoms with Gasteiger partial charge in [-0.3, -0.25) is 4.79 Å². The summed E-state index contributed by atoms with van der Waals surface area (Å²) in [5.74, 6) is -1.91. The van der Waals surface area contributed by atoms with E-state index in [0.29, 0.717) is 5.75 Å². The van der Waals surface area contributed by atoms with Crippen LogP contribution in [0.2, 0.25) is 0 Å². The van der Waals surface area contributed by atoms with Gasteiger partial charge in [0.25, 0.3) is 5.91 Å². The molecule has 3 aromatic rings. The normalized spacial score (nSPS) is 13.0. The lowest BCUT2D eigenvalue weighted by atomic mass is 10.0. The van der Waals surface area contributed by atoms with Crippen LogP contribution in [0.5, 0.6) is 17.2 Å². The van der Waals surface area contributed by atoms with Gasteiger partial charge in [0.2, 0.25) is 0 Å². The molecule has 0 aromatic heterocycles. The monoisotopic (exact) mass is 535 g/mol. The molecule has 0 saturated carbocycles. The Morgan fingerprint density at radius 2 is 1.49 bits per heavy atom. The van der Waals surface area contributed by atoms with Crippen LogP contribution in [0.1, 0.15) is 18.1 Å². The molecular weight excluding hydrogens is 506 g/mol. The van der Waals surface area contributed by atoms with Crippen LogP contribution in [-0.2, 0) is 21.2 Å². The molecule has 8 nitrogen and oxygen atoms in total. The number of carbonyl (C=O) groups excluding carboxylic acids is 1. The van der Waals surface area contributed by atoms with E-state index < -0.39 is 38.0 Å². The minimum atomic E-state index is -4.45. The summed E-state index contributed by atoms with van der Waals surface area (Å²) in [7, 11) is -0.342. The largest absolute Gasteiger partial charge is 0.493 e. The smallest absolute Gasteiger partial charge is 0.332 e. The SMILES string of the molecule is CC[N+](CC(N)=O)(c1c(Cc2c(F)cccc2F)cccc1OC)S(=O)(=O)c1ccc(OC)c(OC)c1. The molecule has 0 radical (unpaired) electrons. The van der Waals surface area contributed by atoms with Crippen LogP contribution in [0, 0.1) is 11.6 Å². The maximum absolute atomic E-state index is 14.6. The highest BCUT2D eigenvalue weighted by Crippen LogP contribution is 2.44. The first kappa shape index (κ1) is 27.9. The van der Waals surface area contributed by atoms with Crippen molar-refractivity contribution in [2.24, 2.45) is 5.73 Å². The number of carbonyl (C=O) groups is 1. The fourth-order valence-corrected chi connectivity index (χ4v) is 6.37. The van der Waals surface area contributed by atoms with E-state index in [-0.39, 0.29) is 46.2 Å². The van der Waals surface area contributed by atoms with Crippen LogP contribution in [-0.4, -0.2) is 48.7 Å². The highest BCUT2D eigenvalue weighted by atomic mass is 32.2. The lowest BCUT2D eigenvalue weighted by Gasteiger charge is -2.36. The van der Waals surface area contributed by atoms with E-state index in [1.54, 1.807) is 13.0 Å². The quantitative estimate of drug-likeness (QED) is 0.375. The Bertz CT molecular complexity index is 1390. The molecule has 1 atom stereocenters. The Morgan fingerprint density at radius 3 is 2.03 bits per heavy atom. The molecule has 1 amide bonds. The Kier molecular flexibility index (Phi) is 8.39. The van der Waals surface area contributed by atoms with Crippen LogP contribution >= 0.6 is 0 Å². The van der Waals surface area contributed by atoms with Gasteiger partial charge in [0.15, 0.2) is 29.5 Å². The Labute approximate surface area is 214 Å². The average molecular weight is 536 g/mol. The third kappa shape index (κ3) is 5.09. The topological polar surface area (TPSA) is 105 Å². The first-order valence-electron chi connectivity index (χ1n) is 11.3. The predicted octanol–water partition coefficient (Wildman–Crippen LogP) is 3.78. The summed E-state index contributed by atoms with van der Waals surface area (Å²) in [4.78, 5) is 12.2. The summed E-state index contributed by atoms with van der Waals surface area (Å²) >= 11 is 0. The summed E-state index contributed by atoms with van der Waals surface area (Å²) in [5.41, 5.74) is 5.62. The van der Waals surface area contributed by atoms with Crippen molar-refractivity contribution in [2.45, 2.75) is 18.2 Å². The van der Waals surface area contributed by atoms with E-state index in [2.05, 4.69) is 0 Å². The van der Waals surface area contributed by atoms with Gasteiger partial charge in [-0.1, -0.05) is 18.2 Å². The van der Waals surface area contributed by atoms with Crippen LogP contribution < -0.4 is 23.8 Å². The maximum Gasteiger partial charge on any atom is 0.332 e. The third-order valence-corrected chi connectivity index (χ3v) is 8.51. The molecule has 11 heteroatoms. The number of rotatable bonds is 11. The number of hydrogen-bond acceptors (Lipinski definition) is 6. The van der Waals surface area contributed by atoms with Crippen molar-refractivity contribution < 1.29 is 36.2 Å². The van der Waals surface area contributed by atoms with E-state index in [4.69, 9.17) is 19.9 Å². The van der Waals surface area contributed by atoms with Crippen molar-refractivity contribution in [2.75, 3.05) is 34.4 Å². The first-order chi connectivity index (χ1) is 17.6. The summed E-state index contributed by atoms with van der Waals surface area (Å²) in [6, 6.07) is 12.1. The molecule has 37 heavy (non-hydrogen) atoms. The molecule has 0 aliphatic rings. The maximum atomic E-state index is 14.6. The number of nitrogens with zero attached hydrogens (tertiary/aromatic N) is 1. The van der Waals surface area contributed by atoms with Crippen molar-refractivity contribution in [3.05, 3.63) is 77.4 Å². The van der Waals surface area contributed by atoms with Crippen molar-refractivity contribution >= 4 is 21.6 Å². The first-order valence-corrected chi connectivity index (χ1v) is 12.7. The number of nitrogens with two attached hydrogens (primary N) is 1. The molecule has 0 aliphatic carbocycles. The Balaban J connectivity index is 2.38. The molecule has 0 bridgehead atoms. The molecule has 0 fully saturated rings. The van der Waals surface area contributed by atoms with E-state index in [9.17, 15) is 22.0 Å². The lowest BCUT2D eigenvalue weighted by molar-refractivity contribution is -0.118. The Hall–Kier alpha value is -3.70. The average Bonchev–Trinajstić information content (AvgIpc) is 2.88. The van der Waals surface area contributed by atoms with E-state index >= 15 is 0 Å². The van der Waals surface area contributed by atoms with Crippen molar-refractivity contribution in [3.63, 3.8) is 0 Å². The fourth-order valence-electron chi connectivity index (χ4n) is 4.38. The van der Waals surface area contributed by atoms with Gasteiger partial charge in [-0.2, -0.15) is 12.3 Å². The number of hydrogen-bond donors (Lipinski definition) is 1. The van der Waals surface area contributed by atoms with Gasteiger partial charge in [0.1, 0.15) is 16.5 Å². The highest BCUT2D eigenvalue weighted by molar-refractivity contribution is 7.91. The molecule has 198 valence electrons. The van der Waals surface area contributed by atoms with Gasteiger partial charge < -0.3 is 19.9 Å². The number of ether oxygens (including phenoxy) is 3. The number of quaternary nitrogens is 1. The number of sulfonamides is 1. The summed E-state index contributed by atoms with van der Waals surface area (Å²) in [6.45, 7) is 0.744. The van der Waals surface area contributed by atoms with Crippen LogP contribution in [0.15, 0.2) is 59.5 Å². The standard InChI is InChI=1S/C26H28F2N2O6S/c1-5-30(16-25(29)31,37(32,33)18-12-13-22(34-2)24(15-18)36-4)26-17(8-6-11-23(26)35-3)14-19-20(27)9-7-10-21(19)28/h6-13,15H,5,14,16H2,1-4H3,(H-,29,31)/p+1. The summed E-state index contributed by atoms with van der Waals surface area (Å²) in [5, 5.41) is 0. The summed E-state index contributed by atoms with van der Waals surface area (Å²) in [6.07, 6.45) is -0.300. The highest BCUT2D eigenvalue weighted by Gasteiger charge is 2.49. The van der Waals surface area contributed by atoms with Gasteiger partial charge in [-0.15, -0.1) is 0 Å². The van der Waals surface area contributed by atoms with Gasteiger partial charge in [0.05, 0.1) is 27.9 Å². The van der Waals surface area contributed by atoms with Crippen LogP contribution in [0.3, 0.4) is 0 Å². The summed E-state index contributed by atoms with van der Waals surface area (Å²) < 4.78 is 72.9. The van der Waals surface area contributed by atoms with Gasteiger partial charge >= 0.3 is 10.0 Å². The zero-order valence-corrected chi connectivity index (χ0v) is 21.8. The number of benzene rings is 3. The number of amides is 1. The van der Waals surface area contributed by atoms with Gasteiger partial charge in [-0.05, 0) is 37.3 Å². The van der Waals surface area contributed by atoms with E-state index in [0.717, 1.165) is 12.1 Å². The number of halogens is 2. The second-order valence-corrected chi connectivity index (χ2v) is 10.3. The third-order valence-electron chi connectivity index (χ3n) is 6.17. The minimum Gasteiger partial charge on any atom is -0.493 e. The van der Waals surface area contributed by atoms with Crippen LogP contribution in [0.25, 0.3) is 0 Å². The molecule has 2 N–H and O–H groups in total. The zero-order chi connectivity index (χ0) is 27.4. The molecule has 1 unspecified atom stereocenters. The number of para-hydroxylation sites is 1. The van der Waals surface area contributed by atoms with Gasteiger partial charge in [0, 0.05) is 23.6 Å². The number of methoxy groups -OCH3 is 3. The Morgan fingerprint density at radius 1 is 0.892 bits per heavy atom. The van der Waals surface area contributed by atoms with Gasteiger partial charge in [-0.25, -0.2) is 8.78 Å². The molecule has 0 spiro atoms. The second-order valence-electron chi connectivity index (χ2n) is 8.17. The molecule has 0 aliphatic heterocycles. The van der Waals surface area contributed by atoms with E-state index in [1.165, 1.54) is 57.7 Å². The van der Waals surface area contributed by atoms with Crippen molar-refractivity contribution in [3.8, 4) is 17.2 Å². The molecule has 0 saturated heterocycles. The molecule has 3 rings (SSSR count). The zero-order valence-electron chi connectivity index (χ0n) is 21.0. The second kappa shape index (κ2) is 11.1. The predicted molar refractivity (Wildman–Crippen MR) is 135 cm³/mol. The van der Waals surface area contributed by atoms with E-state index in [1.807, 2.05) is 0 Å². The van der Waals surface area contributed by atoms with Crippen molar-refractivity contribution in [1.29, 1.82) is 0 Å². The molecule has 3 aromatic carbocycles. The minimum absolute atomic E-state index is 0.0451. The molecule has 0 heterocycles. The number of likely N-dealkylation sites (N-methyl/N-ethyl adjacent to an activating group) is 1. The van der Waals surface area contributed by atoms with Crippen molar-refractivity contribution in [1.82, 2.24) is 3.89 Å². The van der Waals surface area contributed by atoms with Crippen LogP contribution in [0.4, 0.5) is 14.5 Å². The fraction of sp³-hybridized carbons (Fsp3) is 0.269. The number of primary amides is 1. The molecular formula is C26H29F2N2O6S+.